The first-order chi connectivity index (χ1) is 9.40. The monoisotopic (exact) mass is 274 g/mol. The Labute approximate surface area is 122 Å². The molecule has 1 N–H and O–H groups in total. The largest absolute Gasteiger partial charge is 0.334 e. The van der Waals surface area contributed by atoms with Gasteiger partial charge in [-0.2, -0.15) is 0 Å². The lowest BCUT2D eigenvalue weighted by Crippen LogP contribution is -2.35. The van der Waals surface area contributed by atoms with Crippen LogP contribution in [-0.4, -0.2) is 28.1 Å². The Balaban J connectivity index is 2.10. The minimum absolute atomic E-state index is 0.105. The van der Waals surface area contributed by atoms with Crippen molar-refractivity contribution in [2.45, 2.75) is 58.7 Å². The van der Waals surface area contributed by atoms with E-state index in [1.165, 1.54) is 12.8 Å². The molecule has 0 spiro atoms. The molecule has 20 heavy (non-hydrogen) atoms. The van der Waals surface area contributed by atoms with E-state index in [9.17, 15) is 0 Å². The van der Waals surface area contributed by atoms with Crippen molar-refractivity contribution in [2.24, 2.45) is 0 Å². The second kappa shape index (κ2) is 5.92. The smallest absolute Gasteiger partial charge is 0.226 e. The number of aromatic nitrogens is 2. The van der Waals surface area contributed by atoms with Crippen molar-refractivity contribution in [2.75, 3.05) is 11.4 Å². The number of hydrogen-bond donors (Lipinski definition) is 1. The molecule has 1 saturated carbocycles. The Kier molecular flexibility index (Phi) is 4.43. The molecule has 1 aliphatic rings. The Bertz CT molecular complexity index is 472. The zero-order valence-corrected chi connectivity index (χ0v) is 13.1. The molecule has 0 amide bonds. The lowest BCUT2D eigenvalue weighted by molar-refractivity contribution is 0.423. The number of anilines is 1. The topological polar surface area (TPSA) is 41.1 Å². The summed E-state index contributed by atoms with van der Waals surface area (Å²) in [6, 6.07) is 0.603. The van der Waals surface area contributed by atoms with E-state index in [0.29, 0.717) is 6.04 Å². The van der Waals surface area contributed by atoms with Crippen molar-refractivity contribution in [1.29, 1.82) is 0 Å². The summed E-state index contributed by atoms with van der Waals surface area (Å²) in [6.45, 7) is 14.0. The van der Waals surface area contributed by atoms with Crippen LogP contribution < -0.4 is 10.2 Å². The van der Waals surface area contributed by atoms with Gasteiger partial charge in [-0.05, 0) is 40.5 Å². The van der Waals surface area contributed by atoms with E-state index in [-0.39, 0.29) is 5.54 Å². The van der Waals surface area contributed by atoms with Crippen molar-refractivity contribution < 1.29 is 0 Å². The molecule has 0 unspecified atom stereocenters. The lowest BCUT2D eigenvalue weighted by atomic mass is 10.1. The third-order valence-electron chi connectivity index (χ3n) is 3.45. The third kappa shape index (κ3) is 4.04. The fraction of sp³-hybridized carbons (Fsp3) is 0.625. The van der Waals surface area contributed by atoms with Crippen LogP contribution in [-0.2, 0) is 6.54 Å². The van der Waals surface area contributed by atoms with Gasteiger partial charge in [0, 0.05) is 42.1 Å². The van der Waals surface area contributed by atoms with Crippen molar-refractivity contribution >= 4 is 5.95 Å². The van der Waals surface area contributed by atoms with Crippen molar-refractivity contribution in [3.05, 3.63) is 30.1 Å². The van der Waals surface area contributed by atoms with Crippen LogP contribution in [0.15, 0.2) is 18.9 Å². The number of hydrogen-bond acceptors (Lipinski definition) is 4. The first-order valence-corrected chi connectivity index (χ1v) is 7.36. The molecule has 0 radical (unpaired) electrons. The van der Waals surface area contributed by atoms with Crippen LogP contribution in [0.5, 0.6) is 0 Å². The number of aryl methyl sites for hydroxylation is 1. The summed E-state index contributed by atoms with van der Waals surface area (Å²) in [4.78, 5) is 11.5. The summed E-state index contributed by atoms with van der Waals surface area (Å²) < 4.78 is 0. The number of nitrogens with one attached hydrogen (secondary N) is 1. The SMILES string of the molecule is C=CCN(c1ncc(CNC(C)(C)C)c(C)n1)C1CC1. The second-order valence-corrected chi connectivity index (χ2v) is 6.56. The van der Waals surface area contributed by atoms with Gasteiger partial charge in [0.05, 0.1) is 0 Å². The number of rotatable bonds is 6. The standard InChI is InChI=1S/C16H26N4/c1-6-9-20(14-7-8-14)15-17-10-13(12(2)19-15)11-18-16(3,4)5/h6,10,14,18H,1,7-9,11H2,2-5H3. The fourth-order valence-electron chi connectivity index (χ4n) is 2.07. The summed E-state index contributed by atoms with van der Waals surface area (Å²) in [5.41, 5.74) is 2.33. The van der Waals surface area contributed by atoms with Gasteiger partial charge in [0.25, 0.3) is 0 Å². The first-order valence-electron chi connectivity index (χ1n) is 7.36. The van der Waals surface area contributed by atoms with Gasteiger partial charge in [-0.25, -0.2) is 9.97 Å². The molecule has 4 heteroatoms. The molecule has 1 heterocycles. The van der Waals surface area contributed by atoms with Gasteiger partial charge in [-0.15, -0.1) is 6.58 Å². The van der Waals surface area contributed by atoms with E-state index in [0.717, 1.165) is 30.3 Å². The lowest BCUT2D eigenvalue weighted by Gasteiger charge is -2.23. The molecule has 1 aliphatic carbocycles. The minimum Gasteiger partial charge on any atom is -0.334 e. The first kappa shape index (κ1) is 15.0. The molecule has 0 atom stereocenters. The van der Waals surface area contributed by atoms with Crippen molar-refractivity contribution in [1.82, 2.24) is 15.3 Å². The molecular weight excluding hydrogens is 248 g/mol. The van der Waals surface area contributed by atoms with Crippen LogP contribution in [0, 0.1) is 6.92 Å². The van der Waals surface area contributed by atoms with Crippen LogP contribution >= 0.6 is 0 Å². The van der Waals surface area contributed by atoms with Crippen molar-refractivity contribution in [3.63, 3.8) is 0 Å². The Morgan fingerprint density at radius 3 is 2.65 bits per heavy atom. The van der Waals surface area contributed by atoms with E-state index in [1.54, 1.807) is 0 Å². The van der Waals surface area contributed by atoms with Crippen molar-refractivity contribution in [3.8, 4) is 0 Å². The molecule has 0 aromatic carbocycles. The van der Waals surface area contributed by atoms with Crippen LogP contribution in [0.3, 0.4) is 0 Å². The van der Waals surface area contributed by atoms with Crippen LogP contribution in [0.2, 0.25) is 0 Å². The summed E-state index contributed by atoms with van der Waals surface area (Å²) in [6.07, 6.45) is 6.36. The van der Waals surface area contributed by atoms with Gasteiger partial charge >= 0.3 is 0 Å². The highest BCUT2D eigenvalue weighted by Crippen LogP contribution is 2.29. The summed E-state index contributed by atoms with van der Waals surface area (Å²) in [7, 11) is 0. The highest BCUT2D eigenvalue weighted by Gasteiger charge is 2.30. The quantitative estimate of drug-likeness (QED) is 0.810. The van der Waals surface area contributed by atoms with E-state index >= 15 is 0 Å². The second-order valence-electron chi connectivity index (χ2n) is 6.56. The minimum atomic E-state index is 0.105. The number of nitrogens with zero attached hydrogens (tertiary/aromatic N) is 3. The normalized spacial score (nSPS) is 15.2. The third-order valence-corrected chi connectivity index (χ3v) is 3.45. The average molecular weight is 274 g/mol. The summed E-state index contributed by atoms with van der Waals surface area (Å²) in [5, 5.41) is 3.48. The highest BCUT2D eigenvalue weighted by atomic mass is 15.3. The maximum absolute atomic E-state index is 4.68. The van der Waals surface area contributed by atoms with E-state index in [4.69, 9.17) is 0 Å². The van der Waals surface area contributed by atoms with Gasteiger partial charge in [0.1, 0.15) is 0 Å². The average Bonchev–Trinajstić information content (AvgIpc) is 3.17. The highest BCUT2D eigenvalue weighted by molar-refractivity contribution is 5.37. The van der Waals surface area contributed by atoms with Crippen LogP contribution in [0.25, 0.3) is 0 Å². The molecule has 0 saturated heterocycles. The molecule has 1 aromatic heterocycles. The van der Waals surface area contributed by atoms with Gasteiger partial charge in [0.2, 0.25) is 5.95 Å². The molecule has 1 aromatic rings. The zero-order chi connectivity index (χ0) is 14.8. The van der Waals surface area contributed by atoms with E-state index in [2.05, 4.69) is 54.5 Å². The van der Waals surface area contributed by atoms with Crippen LogP contribution in [0.4, 0.5) is 5.95 Å². The van der Waals surface area contributed by atoms with Gasteiger partial charge in [0.15, 0.2) is 0 Å². The zero-order valence-electron chi connectivity index (χ0n) is 13.1. The summed E-state index contributed by atoms with van der Waals surface area (Å²) >= 11 is 0. The predicted octanol–water partition coefficient (Wildman–Crippen LogP) is 2.83. The maximum Gasteiger partial charge on any atom is 0.226 e. The van der Waals surface area contributed by atoms with E-state index < -0.39 is 0 Å². The molecule has 110 valence electrons. The molecule has 0 bridgehead atoms. The molecule has 1 fully saturated rings. The van der Waals surface area contributed by atoms with Gasteiger partial charge in [-0.1, -0.05) is 6.08 Å². The van der Waals surface area contributed by atoms with Gasteiger partial charge in [-0.3, -0.25) is 0 Å². The molecular formula is C16H26N4. The van der Waals surface area contributed by atoms with E-state index in [1.807, 2.05) is 12.3 Å². The molecule has 2 rings (SSSR count). The molecule has 4 nitrogen and oxygen atoms in total. The Hall–Kier alpha value is -1.42. The Morgan fingerprint density at radius 1 is 1.45 bits per heavy atom. The molecule has 0 aliphatic heterocycles. The Morgan fingerprint density at radius 2 is 2.15 bits per heavy atom. The maximum atomic E-state index is 4.68. The van der Waals surface area contributed by atoms with Gasteiger partial charge < -0.3 is 10.2 Å². The van der Waals surface area contributed by atoms with Crippen LogP contribution in [0.1, 0.15) is 44.9 Å². The predicted molar refractivity (Wildman–Crippen MR) is 83.9 cm³/mol. The fourth-order valence-corrected chi connectivity index (χ4v) is 2.07. The summed E-state index contributed by atoms with van der Waals surface area (Å²) in [5.74, 6) is 0.837.